The number of nitrogens with zero attached hydrogens (tertiary/aromatic N) is 4. The first kappa shape index (κ1) is 25.2. The summed E-state index contributed by atoms with van der Waals surface area (Å²) in [7, 11) is 0. The number of nitrogens with one attached hydrogen (secondary N) is 1. The van der Waals surface area contributed by atoms with E-state index in [-0.39, 0.29) is 30.1 Å². The van der Waals surface area contributed by atoms with Crippen molar-refractivity contribution in [2.45, 2.75) is 40.0 Å². The number of imidazole rings is 1. The molecule has 2 heterocycles. The van der Waals surface area contributed by atoms with Crippen molar-refractivity contribution < 1.29 is 4.74 Å². The topological polar surface area (TPSA) is 54.7 Å². The molecule has 1 aromatic heterocycles. The third-order valence-corrected chi connectivity index (χ3v) is 5.92. The zero-order valence-electron chi connectivity index (χ0n) is 19.7. The van der Waals surface area contributed by atoms with E-state index in [0.29, 0.717) is 13.2 Å². The Morgan fingerprint density at radius 2 is 1.97 bits per heavy atom. The van der Waals surface area contributed by atoms with E-state index < -0.39 is 0 Å². The largest absolute Gasteiger partial charge is 0.370 e. The molecule has 6 nitrogen and oxygen atoms in total. The lowest BCUT2D eigenvalue weighted by atomic mass is 10.0. The second kappa shape index (κ2) is 12.2. The molecule has 3 aromatic rings. The van der Waals surface area contributed by atoms with Crippen LogP contribution in [-0.2, 0) is 17.8 Å². The minimum atomic E-state index is 0. The van der Waals surface area contributed by atoms with E-state index in [9.17, 15) is 0 Å². The van der Waals surface area contributed by atoms with Crippen molar-refractivity contribution in [1.29, 1.82) is 0 Å². The van der Waals surface area contributed by atoms with Crippen LogP contribution in [0.4, 0.5) is 0 Å². The summed E-state index contributed by atoms with van der Waals surface area (Å²) in [5, 5.41) is 3.48. The van der Waals surface area contributed by atoms with Gasteiger partial charge in [-0.1, -0.05) is 48.5 Å². The number of halogens is 1. The number of guanidine groups is 1. The first-order valence-electron chi connectivity index (χ1n) is 11.4. The Morgan fingerprint density at radius 1 is 1.15 bits per heavy atom. The average molecular weight is 559 g/mol. The number of benzene rings is 2. The first-order chi connectivity index (χ1) is 15.6. The molecule has 0 bridgehead atoms. The maximum Gasteiger partial charge on any atom is 0.194 e. The fraction of sp³-hybridized carbons (Fsp3) is 0.385. The monoisotopic (exact) mass is 559 g/mol. The van der Waals surface area contributed by atoms with Crippen molar-refractivity contribution in [2.24, 2.45) is 4.99 Å². The van der Waals surface area contributed by atoms with Crippen molar-refractivity contribution in [3.63, 3.8) is 0 Å². The molecule has 1 unspecified atom stereocenters. The Balaban J connectivity index is 0.00000306. The molecular formula is C26H34IN5O. The SMILES string of the molecule is CCNC(=NCc1cccc(Cn2ccnc2C)c1)N1CCOC(c2ccccc2C)C1.I. The fourth-order valence-electron chi connectivity index (χ4n) is 4.16. The van der Waals surface area contributed by atoms with Gasteiger partial charge in [0.25, 0.3) is 0 Å². The van der Waals surface area contributed by atoms with Crippen LogP contribution in [0.3, 0.4) is 0 Å². The lowest BCUT2D eigenvalue weighted by Crippen LogP contribution is -2.48. The Morgan fingerprint density at radius 3 is 2.73 bits per heavy atom. The van der Waals surface area contributed by atoms with Crippen molar-refractivity contribution in [3.8, 4) is 0 Å². The number of aryl methyl sites for hydroxylation is 2. The molecule has 0 saturated carbocycles. The summed E-state index contributed by atoms with van der Waals surface area (Å²) in [4.78, 5) is 11.6. The molecule has 1 atom stereocenters. The Kier molecular flexibility index (Phi) is 9.31. The van der Waals surface area contributed by atoms with Crippen LogP contribution < -0.4 is 5.32 Å². The fourth-order valence-corrected chi connectivity index (χ4v) is 4.16. The van der Waals surface area contributed by atoms with Gasteiger partial charge in [0.1, 0.15) is 11.9 Å². The van der Waals surface area contributed by atoms with Crippen LogP contribution in [0, 0.1) is 13.8 Å². The molecule has 4 rings (SSSR count). The number of morpholine rings is 1. The van der Waals surface area contributed by atoms with Gasteiger partial charge in [0.05, 0.1) is 19.7 Å². The van der Waals surface area contributed by atoms with E-state index in [1.54, 1.807) is 0 Å². The second-order valence-electron chi connectivity index (χ2n) is 8.25. The van der Waals surface area contributed by atoms with Crippen LogP contribution in [0.25, 0.3) is 0 Å². The molecule has 1 aliphatic rings. The van der Waals surface area contributed by atoms with Crippen molar-refractivity contribution >= 4 is 29.9 Å². The van der Waals surface area contributed by atoms with Crippen LogP contribution in [0.5, 0.6) is 0 Å². The van der Waals surface area contributed by atoms with Crippen LogP contribution in [0.1, 0.15) is 41.1 Å². The highest BCUT2D eigenvalue weighted by Crippen LogP contribution is 2.25. The van der Waals surface area contributed by atoms with E-state index in [4.69, 9.17) is 9.73 Å². The average Bonchev–Trinajstić information content (AvgIpc) is 3.21. The molecule has 33 heavy (non-hydrogen) atoms. The highest BCUT2D eigenvalue weighted by molar-refractivity contribution is 14.0. The lowest BCUT2D eigenvalue weighted by Gasteiger charge is -2.35. The van der Waals surface area contributed by atoms with E-state index in [2.05, 4.69) is 82.1 Å². The molecule has 176 valence electrons. The van der Waals surface area contributed by atoms with Crippen LogP contribution >= 0.6 is 24.0 Å². The van der Waals surface area contributed by atoms with Crippen molar-refractivity contribution in [3.05, 3.63) is 89.0 Å². The first-order valence-corrected chi connectivity index (χ1v) is 11.4. The van der Waals surface area contributed by atoms with Crippen LogP contribution in [-0.4, -0.2) is 46.7 Å². The quantitative estimate of drug-likeness (QED) is 0.270. The van der Waals surface area contributed by atoms with Gasteiger partial charge in [-0.3, -0.25) is 0 Å². The smallest absolute Gasteiger partial charge is 0.194 e. The maximum absolute atomic E-state index is 6.11. The summed E-state index contributed by atoms with van der Waals surface area (Å²) in [6, 6.07) is 17.1. The van der Waals surface area contributed by atoms with Gasteiger partial charge in [-0.05, 0) is 43.0 Å². The van der Waals surface area contributed by atoms with Gasteiger partial charge in [-0.15, -0.1) is 24.0 Å². The van der Waals surface area contributed by atoms with Gasteiger partial charge in [-0.2, -0.15) is 0 Å². The summed E-state index contributed by atoms with van der Waals surface area (Å²) in [6.07, 6.45) is 3.93. The van der Waals surface area contributed by atoms with Gasteiger partial charge in [0.2, 0.25) is 0 Å². The van der Waals surface area contributed by atoms with Gasteiger partial charge in [0.15, 0.2) is 5.96 Å². The molecule has 0 radical (unpaired) electrons. The summed E-state index contributed by atoms with van der Waals surface area (Å²) in [5.41, 5.74) is 5.00. The molecule has 7 heteroatoms. The zero-order valence-corrected chi connectivity index (χ0v) is 22.0. The van der Waals surface area contributed by atoms with Crippen LogP contribution in [0.2, 0.25) is 0 Å². The molecular weight excluding hydrogens is 525 g/mol. The molecule has 1 N–H and O–H groups in total. The molecule has 0 amide bonds. The third kappa shape index (κ3) is 6.57. The summed E-state index contributed by atoms with van der Waals surface area (Å²) >= 11 is 0. The van der Waals surface area contributed by atoms with E-state index in [0.717, 1.165) is 38.0 Å². The standard InChI is InChI=1S/C26H33N5O.HI/c1-4-27-26(31-14-15-32-25(19-31)24-11-6-5-8-20(24)2)29-17-22-9-7-10-23(16-22)18-30-13-12-28-21(30)3;/h5-13,16,25H,4,14-15,17-19H2,1-3H3,(H,27,29);1H. The second-order valence-corrected chi connectivity index (χ2v) is 8.25. The molecule has 0 spiro atoms. The van der Waals surface area contributed by atoms with Gasteiger partial charge in [0, 0.05) is 32.0 Å². The molecule has 2 aromatic carbocycles. The number of aromatic nitrogens is 2. The molecule has 1 aliphatic heterocycles. The van der Waals surface area contributed by atoms with Gasteiger partial charge < -0.3 is 19.5 Å². The number of aliphatic imine (C=N–C) groups is 1. The minimum absolute atomic E-state index is 0. The predicted molar refractivity (Wildman–Crippen MR) is 144 cm³/mol. The zero-order chi connectivity index (χ0) is 22.3. The normalized spacial score (nSPS) is 16.4. The number of hydrogen-bond acceptors (Lipinski definition) is 3. The number of ether oxygens (including phenoxy) is 1. The van der Waals surface area contributed by atoms with E-state index >= 15 is 0 Å². The van der Waals surface area contributed by atoms with E-state index in [1.807, 2.05) is 19.3 Å². The Hall–Kier alpha value is -2.39. The summed E-state index contributed by atoms with van der Waals surface area (Å²) < 4.78 is 8.27. The number of rotatable bonds is 6. The van der Waals surface area contributed by atoms with Gasteiger partial charge >= 0.3 is 0 Å². The Bertz CT molecular complexity index is 1060. The van der Waals surface area contributed by atoms with Crippen molar-refractivity contribution in [1.82, 2.24) is 19.8 Å². The van der Waals surface area contributed by atoms with Crippen molar-refractivity contribution in [2.75, 3.05) is 26.2 Å². The highest BCUT2D eigenvalue weighted by Gasteiger charge is 2.25. The third-order valence-electron chi connectivity index (χ3n) is 5.92. The maximum atomic E-state index is 6.11. The van der Waals surface area contributed by atoms with Gasteiger partial charge in [-0.25, -0.2) is 9.98 Å². The highest BCUT2D eigenvalue weighted by atomic mass is 127. The summed E-state index contributed by atoms with van der Waals surface area (Å²) in [5.74, 6) is 1.98. The minimum Gasteiger partial charge on any atom is -0.370 e. The Labute approximate surface area is 214 Å². The molecule has 1 saturated heterocycles. The lowest BCUT2D eigenvalue weighted by molar-refractivity contribution is -0.00834. The molecule has 0 aliphatic carbocycles. The van der Waals surface area contributed by atoms with E-state index in [1.165, 1.54) is 22.3 Å². The van der Waals surface area contributed by atoms with Crippen LogP contribution in [0.15, 0.2) is 65.9 Å². The molecule has 1 fully saturated rings. The predicted octanol–water partition coefficient (Wildman–Crippen LogP) is 4.71. The summed E-state index contributed by atoms with van der Waals surface area (Å²) in [6.45, 7) is 10.9. The number of hydrogen-bond donors (Lipinski definition) is 1.